The molecule has 0 bridgehead atoms. The van der Waals surface area contributed by atoms with Crippen LogP contribution in [0.5, 0.6) is 0 Å². The zero-order valence-electron chi connectivity index (χ0n) is 14.0. The number of alkyl halides is 3. The summed E-state index contributed by atoms with van der Waals surface area (Å²) in [6.07, 6.45) is -3.13. The zero-order chi connectivity index (χ0) is 17.3. The van der Waals surface area contributed by atoms with Gasteiger partial charge in [-0.05, 0) is 30.5 Å². The van der Waals surface area contributed by atoms with Gasteiger partial charge in [-0.25, -0.2) is 0 Å². The predicted molar refractivity (Wildman–Crippen MR) is 89.3 cm³/mol. The van der Waals surface area contributed by atoms with Gasteiger partial charge in [0.2, 0.25) is 0 Å². The van der Waals surface area contributed by atoms with Gasteiger partial charge in [-0.15, -0.1) is 0 Å². The summed E-state index contributed by atoms with van der Waals surface area (Å²) < 4.78 is 38.6. The lowest BCUT2D eigenvalue weighted by Gasteiger charge is -2.38. The molecule has 0 amide bonds. The quantitative estimate of drug-likeness (QED) is 0.663. The average Bonchev–Trinajstić information content (AvgIpc) is 3.27. The lowest BCUT2D eigenvalue weighted by Crippen LogP contribution is -2.53. The van der Waals surface area contributed by atoms with Gasteiger partial charge >= 0.3 is 6.18 Å². The molecule has 1 heterocycles. The fourth-order valence-corrected chi connectivity index (χ4v) is 3.04. The van der Waals surface area contributed by atoms with Crippen molar-refractivity contribution in [2.24, 2.45) is 10.9 Å². The molecule has 2 aliphatic rings. The SMILES string of the molecule is CN=C(NC1CC1C)N1CCN(c2cccc(C(F)(F)F)c2)CC1. The van der Waals surface area contributed by atoms with Gasteiger partial charge < -0.3 is 15.1 Å². The highest BCUT2D eigenvalue weighted by Gasteiger charge is 2.35. The molecule has 7 heteroatoms. The standard InChI is InChI=1S/C17H23F3N4/c1-12-10-15(12)22-16(21-2)24-8-6-23(7-9-24)14-5-3-4-13(11-14)17(18,19)20/h3-5,11-12,15H,6-10H2,1-2H3,(H,21,22). The van der Waals surface area contributed by atoms with Crippen molar-refractivity contribution in [3.05, 3.63) is 29.8 Å². The molecule has 2 atom stereocenters. The highest BCUT2D eigenvalue weighted by atomic mass is 19.4. The maximum atomic E-state index is 12.9. The van der Waals surface area contributed by atoms with Crippen molar-refractivity contribution in [3.8, 4) is 0 Å². The molecule has 0 spiro atoms. The molecule has 4 nitrogen and oxygen atoms in total. The summed E-state index contributed by atoms with van der Waals surface area (Å²) in [5.74, 6) is 1.58. The Balaban J connectivity index is 1.60. The van der Waals surface area contributed by atoms with E-state index in [1.54, 1.807) is 13.1 Å². The predicted octanol–water partition coefficient (Wildman–Crippen LogP) is 2.81. The molecule has 2 fully saturated rings. The lowest BCUT2D eigenvalue weighted by atomic mass is 10.1. The van der Waals surface area contributed by atoms with Crippen molar-refractivity contribution in [1.29, 1.82) is 0 Å². The Morgan fingerprint density at radius 3 is 2.42 bits per heavy atom. The van der Waals surface area contributed by atoms with E-state index in [0.29, 0.717) is 30.7 Å². The summed E-state index contributed by atoms with van der Waals surface area (Å²) >= 11 is 0. The number of anilines is 1. The zero-order valence-corrected chi connectivity index (χ0v) is 14.0. The monoisotopic (exact) mass is 340 g/mol. The van der Waals surface area contributed by atoms with Crippen LogP contribution in [0, 0.1) is 5.92 Å². The van der Waals surface area contributed by atoms with Crippen LogP contribution in [-0.2, 0) is 6.18 Å². The molecule has 1 aliphatic heterocycles. The molecule has 3 rings (SSSR count). The Labute approximate surface area is 140 Å². The third-order valence-corrected chi connectivity index (χ3v) is 4.75. The minimum absolute atomic E-state index is 0.505. The summed E-state index contributed by atoms with van der Waals surface area (Å²) in [4.78, 5) is 8.51. The summed E-state index contributed by atoms with van der Waals surface area (Å²) in [7, 11) is 1.77. The molecule has 132 valence electrons. The van der Waals surface area contributed by atoms with Gasteiger partial charge in [-0.3, -0.25) is 4.99 Å². The average molecular weight is 340 g/mol. The highest BCUT2D eigenvalue weighted by Crippen LogP contribution is 2.32. The number of hydrogen-bond acceptors (Lipinski definition) is 2. The molecule has 1 saturated heterocycles. The van der Waals surface area contributed by atoms with Crippen molar-refractivity contribution in [2.75, 3.05) is 38.1 Å². The second-order valence-electron chi connectivity index (χ2n) is 6.53. The van der Waals surface area contributed by atoms with E-state index in [-0.39, 0.29) is 0 Å². The van der Waals surface area contributed by atoms with Crippen LogP contribution in [0.2, 0.25) is 0 Å². The lowest BCUT2D eigenvalue weighted by molar-refractivity contribution is -0.137. The van der Waals surface area contributed by atoms with Gasteiger partial charge in [0, 0.05) is 45.0 Å². The van der Waals surface area contributed by atoms with Crippen LogP contribution in [0.1, 0.15) is 18.9 Å². The normalized spacial score (nSPS) is 25.0. The number of piperazine rings is 1. The number of nitrogens with one attached hydrogen (secondary N) is 1. The van der Waals surface area contributed by atoms with E-state index >= 15 is 0 Å². The number of aliphatic imine (C=N–C) groups is 1. The molecule has 1 saturated carbocycles. The molecule has 1 aromatic rings. The van der Waals surface area contributed by atoms with Crippen molar-refractivity contribution < 1.29 is 13.2 Å². The number of benzene rings is 1. The first-order chi connectivity index (χ1) is 11.4. The first-order valence-electron chi connectivity index (χ1n) is 8.29. The molecule has 2 unspecified atom stereocenters. The van der Waals surface area contributed by atoms with Gasteiger partial charge in [-0.2, -0.15) is 13.2 Å². The molecule has 1 N–H and O–H groups in total. The van der Waals surface area contributed by atoms with E-state index < -0.39 is 11.7 Å². The van der Waals surface area contributed by atoms with Crippen LogP contribution in [0.15, 0.2) is 29.3 Å². The van der Waals surface area contributed by atoms with E-state index in [4.69, 9.17) is 0 Å². The number of rotatable bonds is 2. The summed E-state index contributed by atoms with van der Waals surface area (Å²) in [6.45, 7) is 5.06. The van der Waals surface area contributed by atoms with E-state index in [9.17, 15) is 13.2 Å². The Morgan fingerprint density at radius 2 is 1.88 bits per heavy atom. The number of guanidine groups is 1. The summed E-state index contributed by atoms with van der Waals surface area (Å²) in [6, 6.07) is 6.06. The highest BCUT2D eigenvalue weighted by molar-refractivity contribution is 5.80. The maximum absolute atomic E-state index is 12.9. The van der Waals surface area contributed by atoms with Crippen molar-refractivity contribution in [3.63, 3.8) is 0 Å². The number of halogens is 3. The van der Waals surface area contributed by atoms with Crippen LogP contribution in [0.3, 0.4) is 0 Å². The van der Waals surface area contributed by atoms with Crippen molar-refractivity contribution in [1.82, 2.24) is 10.2 Å². The Bertz CT molecular complexity index is 606. The van der Waals surface area contributed by atoms with E-state index in [1.807, 2.05) is 4.90 Å². The number of hydrogen-bond donors (Lipinski definition) is 1. The first kappa shape index (κ1) is 16.9. The Morgan fingerprint density at radius 1 is 1.21 bits per heavy atom. The van der Waals surface area contributed by atoms with Crippen LogP contribution < -0.4 is 10.2 Å². The second-order valence-corrected chi connectivity index (χ2v) is 6.53. The second kappa shape index (κ2) is 6.53. The van der Waals surface area contributed by atoms with Gasteiger partial charge in [0.25, 0.3) is 0 Å². The fraction of sp³-hybridized carbons (Fsp3) is 0.588. The minimum Gasteiger partial charge on any atom is -0.368 e. The first-order valence-corrected chi connectivity index (χ1v) is 8.29. The van der Waals surface area contributed by atoms with Crippen molar-refractivity contribution in [2.45, 2.75) is 25.6 Å². The van der Waals surface area contributed by atoms with Gasteiger partial charge in [0.05, 0.1) is 5.56 Å². The Kier molecular flexibility index (Phi) is 4.60. The fourth-order valence-electron chi connectivity index (χ4n) is 3.04. The van der Waals surface area contributed by atoms with Crippen LogP contribution >= 0.6 is 0 Å². The van der Waals surface area contributed by atoms with E-state index in [0.717, 1.165) is 25.1 Å². The minimum atomic E-state index is -4.30. The molecule has 0 radical (unpaired) electrons. The van der Waals surface area contributed by atoms with Crippen LogP contribution in [0.25, 0.3) is 0 Å². The van der Waals surface area contributed by atoms with Crippen LogP contribution in [-0.4, -0.2) is 50.1 Å². The van der Waals surface area contributed by atoms with Gasteiger partial charge in [0.15, 0.2) is 5.96 Å². The molecule has 24 heavy (non-hydrogen) atoms. The Hall–Kier alpha value is -1.92. The van der Waals surface area contributed by atoms with E-state index in [1.165, 1.54) is 18.6 Å². The van der Waals surface area contributed by atoms with Gasteiger partial charge in [0.1, 0.15) is 0 Å². The summed E-state index contributed by atoms with van der Waals surface area (Å²) in [5, 5.41) is 3.45. The molecular weight excluding hydrogens is 317 g/mol. The molecule has 1 aliphatic carbocycles. The third-order valence-electron chi connectivity index (χ3n) is 4.75. The third kappa shape index (κ3) is 3.76. The molecular formula is C17H23F3N4. The largest absolute Gasteiger partial charge is 0.416 e. The molecule has 0 aromatic heterocycles. The number of nitrogens with zero attached hydrogens (tertiary/aromatic N) is 3. The topological polar surface area (TPSA) is 30.9 Å². The smallest absolute Gasteiger partial charge is 0.368 e. The van der Waals surface area contributed by atoms with Crippen molar-refractivity contribution >= 4 is 11.6 Å². The van der Waals surface area contributed by atoms with Gasteiger partial charge in [-0.1, -0.05) is 13.0 Å². The van der Waals surface area contributed by atoms with Crippen LogP contribution in [0.4, 0.5) is 18.9 Å². The maximum Gasteiger partial charge on any atom is 0.416 e. The summed E-state index contributed by atoms with van der Waals surface area (Å²) in [5.41, 5.74) is 0.0332. The molecule has 1 aromatic carbocycles. The van der Waals surface area contributed by atoms with E-state index in [2.05, 4.69) is 22.1 Å².